The minimum atomic E-state index is 0.0569. The molecule has 1 heterocycles. The van der Waals surface area contributed by atoms with Crippen molar-refractivity contribution in [1.82, 2.24) is 10.2 Å². The lowest BCUT2D eigenvalue weighted by atomic mass is 10.1. The van der Waals surface area contributed by atoms with Gasteiger partial charge in [-0.05, 0) is 62.7 Å². The third-order valence-electron chi connectivity index (χ3n) is 4.09. The molecular weight excluding hydrogens is 453 g/mol. The van der Waals surface area contributed by atoms with E-state index in [2.05, 4.69) is 63.1 Å². The van der Waals surface area contributed by atoms with Crippen molar-refractivity contribution in [2.24, 2.45) is 0 Å². The van der Waals surface area contributed by atoms with Crippen LogP contribution in [0.3, 0.4) is 0 Å². The summed E-state index contributed by atoms with van der Waals surface area (Å²) in [5, 5.41) is 9.86. The van der Waals surface area contributed by atoms with Crippen molar-refractivity contribution in [1.29, 1.82) is 0 Å². The summed E-state index contributed by atoms with van der Waals surface area (Å²) in [6.07, 6.45) is 3.62. The summed E-state index contributed by atoms with van der Waals surface area (Å²) in [6, 6.07) is 20.6. The number of ether oxygens (including phenoxy) is 1. The molecule has 0 saturated carbocycles. The highest BCUT2D eigenvalue weighted by Crippen LogP contribution is 2.26. The number of nitrogens with two attached hydrogens (primary N) is 1. The lowest BCUT2D eigenvalue weighted by molar-refractivity contribution is 0.305. The lowest BCUT2D eigenvalue weighted by Crippen LogP contribution is -1.98. The van der Waals surface area contributed by atoms with Crippen LogP contribution in [0.25, 0.3) is 22.9 Å². The smallest absolute Gasteiger partial charge is 0.313 e. The molecule has 0 radical (unpaired) electrons. The Morgan fingerprint density at radius 1 is 1.00 bits per heavy atom. The zero-order valence-corrected chi connectivity index (χ0v) is 16.5. The number of anilines is 1. The molecule has 0 fully saturated rings. The maximum atomic E-state index is 6.06. The summed E-state index contributed by atoms with van der Waals surface area (Å²) in [5.41, 5.74) is 7.59. The predicted molar refractivity (Wildman–Crippen MR) is 115 cm³/mol. The molecule has 0 aliphatic carbocycles. The minimum absolute atomic E-state index is 0.0569. The normalized spacial score (nSPS) is 11.3. The van der Waals surface area contributed by atoms with Gasteiger partial charge in [0.05, 0.1) is 3.57 Å². The summed E-state index contributed by atoms with van der Waals surface area (Å²) >= 11 is 2.27. The van der Waals surface area contributed by atoms with Gasteiger partial charge in [0.25, 0.3) is 0 Å². The first-order valence-corrected chi connectivity index (χ1v) is 9.43. The maximum Gasteiger partial charge on any atom is 0.313 e. The van der Waals surface area contributed by atoms with Crippen LogP contribution in [-0.4, -0.2) is 10.2 Å². The fraction of sp³-hybridized carbons (Fsp3) is 0.0476. The summed E-state index contributed by atoms with van der Waals surface area (Å²) in [7, 11) is 0. The Hall–Kier alpha value is -2.87. The largest absolute Gasteiger partial charge is 0.488 e. The van der Waals surface area contributed by atoms with Crippen LogP contribution in [0.4, 0.5) is 6.01 Å². The fourth-order valence-electron chi connectivity index (χ4n) is 2.79. The van der Waals surface area contributed by atoms with Gasteiger partial charge in [-0.3, -0.25) is 0 Å². The van der Waals surface area contributed by atoms with Crippen molar-refractivity contribution in [3.8, 4) is 5.75 Å². The number of aromatic nitrogens is 2. The van der Waals surface area contributed by atoms with Crippen LogP contribution in [0.2, 0.25) is 0 Å². The third-order valence-corrected chi connectivity index (χ3v) is 4.94. The van der Waals surface area contributed by atoms with Gasteiger partial charge in [0.1, 0.15) is 12.4 Å². The molecule has 5 nitrogen and oxygen atoms in total. The number of rotatable bonds is 5. The first-order chi connectivity index (χ1) is 13.2. The third kappa shape index (κ3) is 4.11. The Bertz CT molecular complexity index is 1120. The van der Waals surface area contributed by atoms with Crippen molar-refractivity contribution < 1.29 is 9.15 Å². The standard InChI is InChI=1S/C21H16IN3O2/c22-18-12-14(9-11-20-24-25-21(23)27-20)8-10-19(18)26-13-16-6-3-5-15-4-1-2-7-17(15)16/h1-12H,13H2,(H2,23,25)/b11-9+. The van der Waals surface area contributed by atoms with Crippen LogP contribution in [0.1, 0.15) is 17.0 Å². The fourth-order valence-corrected chi connectivity index (χ4v) is 3.49. The van der Waals surface area contributed by atoms with Crippen molar-refractivity contribution in [2.45, 2.75) is 6.61 Å². The SMILES string of the molecule is Nc1nnc(/C=C/c2ccc(OCc3cccc4ccccc34)c(I)c2)o1. The Labute approximate surface area is 170 Å². The number of nitrogen functional groups attached to an aromatic ring is 1. The lowest BCUT2D eigenvalue weighted by Gasteiger charge is -2.11. The minimum Gasteiger partial charge on any atom is -0.488 e. The molecule has 134 valence electrons. The molecule has 27 heavy (non-hydrogen) atoms. The number of benzene rings is 3. The zero-order chi connectivity index (χ0) is 18.6. The van der Waals surface area contributed by atoms with Gasteiger partial charge < -0.3 is 14.9 Å². The monoisotopic (exact) mass is 469 g/mol. The number of hydrogen-bond acceptors (Lipinski definition) is 5. The summed E-state index contributed by atoms with van der Waals surface area (Å²) in [6.45, 7) is 0.522. The Kier molecular flexibility index (Phi) is 5.06. The van der Waals surface area contributed by atoms with Crippen LogP contribution in [-0.2, 0) is 6.61 Å². The molecule has 0 atom stereocenters. The first-order valence-electron chi connectivity index (χ1n) is 8.35. The number of halogens is 1. The Balaban J connectivity index is 1.49. The molecular formula is C21H16IN3O2. The number of nitrogens with zero attached hydrogens (tertiary/aromatic N) is 2. The van der Waals surface area contributed by atoms with Crippen LogP contribution >= 0.6 is 22.6 Å². The average molecular weight is 469 g/mol. The van der Waals surface area contributed by atoms with Crippen LogP contribution < -0.4 is 10.5 Å². The highest BCUT2D eigenvalue weighted by atomic mass is 127. The molecule has 0 aliphatic rings. The van der Waals surface area contributed by atoms with E-state index in [1.54, 1.807) is 6.08 Å². The van der Waals surface area contributed by atoms with E-state index in [-0.39, 0.29) is 6.01 Å². The van der Waals surface area contributed by atoms with E-state index in [9.17, 15) is 0 Å². The van der Waals surface area contributed by atoms with Crippen molar-refractivity contribution in [3.63, 3.8) is 0 Å². The van der Waals surface area contributed by atoms with Gasteiger partial charge >= 0.3 is 6.01 Å². The number of fused-ring (bicyclic) bond motifs is 1. The molecule has 4 aromatic rings. The van der Waals surface area contributed by atoms with Gasteiger partial charge in [0.15, 0.2) is 0 Å². The summed E-state index contributed by atoms with van der Waals surface area (Å²) in [5.74, 6) is 1.22. The second kappa shape index (κ2) is 7.79. The van der Waals surface area contributed by atoms with Gasteiger partial charge in [-0.25, -0.2) is 0 Å². The predicted octanol–water partition coefficient (Wildman–Crippen LogP) is 5.16. The highest BCUT2D eigenvalue weighted by molar-refractivity contribution is 14.1. The molecule has 2 N–H and O–H groups in total. The van der Waals surface area contributed by atoms with Crippen molar-refractivity contribution in [3.05, 3.63) is 81.3 Å². The van der Waals surface area contributed by atoms with Gasteiger partial charge in [-0.15, -0.1) is 5.10 Å². The topological polar surface area (TPSA) is 74.2 Å². The second-order valence-corrected chi connectivity index (χ2v) is 7.09. The molecule has 0 bridgehead atoms. The molecule has 0 unspecified atom stereocenters. The molecule has 0 amide bonds. The molecule has 0 saturated heterocycles. The van der Waals surface area contributed by atoms with Crippen LogP contribution in [0, 0.1) is 3.57 Å². The number of hydrogen-bond donors (Lipinski definition) is 1. The molecule has 6 heteroatoms. The van der Waals surface area contributed by atoms with E-state index in [1.165, 1.54) is 16.3 Å². The molecule has 4 rings (SSSR count). The van der Waals surface area contributed by atoms with Gasteiger partial charge in [0.2, 0.25) is 5.89 Å². The van der Waals surface area contributed by atoms with E-state index < -0.39 is 0 Å². The van der Waals surface area contributed by atoms with E-state index >= 15 is 0 Å². The van der Waals surface area contributed by atoms with Gasteiger partial charge in [0, 0.05) is 6.08 Å². The molecule has 0 aliphatic heterocycles. The second-order valence-electron chi connectivity index (χ2n) is 5.93. The summed E-state index contributed by atoms with van der Waals surface area (Å²) in [4.78, 5) is 0. The molecule has 0 spiro atoms. The van der Waals surface area contributed by atoms with E-state index in [1.807, 2.05) is 36.4 Å². The Morgan fingerprint density at radius 3 is 2.67 bits per heavy atom. The van der Waals surface area contributed by atoms with Crippen molar-refractivity contribution >= 4 is 51.5 Å². The molecule has 3 aromatic carbocycles. The summed E-state index contributed by atoms with van der Waals surface area (Å²) < 4.78 is 12.2. The Morgan fingerprint density at radius 2 is 1.85 bits per heavy atom. The van der Waals surface area contributed by atoms with E-state index in [0.29, 0.717) is 12.5 Å². The van der Waals surface area contributed by atoms with Crippen LogP contribution in [0.15, 0.2) is 65.1 Å². The van der Waals surface area contributed by atoms with E-state index in [0.717, 1.165) is 14.9 Å². The van der Waals surface area contributed by atoms with Gasteiger partial charge in [-0.2, -0.15) is 0 Å². The zero-order valence-electron chi connectivity index (χ0n) is 14.3. The maximum absolute atomic E-state index is 6.06. The average Bonchev–Trinajstić information content (AvgIpc) is 3.11. The van der Waals surface area contributed by atoms with E-state index in [4.69, 9.17) is 14.9 Å². The van der Waals surface area contributed by atoms with Gasteiger partial charge in [-0.1, -0.05) is 53.6 Å². The van der Waals surface area contributed by atoms with Crippen LogP contribution in [0.5, 0.6) is 5.75 Å². The first kappa shape index (κ1) is 17.5. The quantitative estimate of drug-likeness (QED) is 0.409. The van der Waals surface area contributed by atoms with Crippen molar-refractivity contribution in [2.75, 3.05) is 5.73 Å². The molecule has 1 aromatic heterocycles. The highest BCUT2D eigenvalue weighted by Gasteiger charge is 2.05.